The van der Waals surface area contributed by atoms with Gasteiger partial charge in [-0.15, -0.1) is 0 Å². The molecule has 0 atom stereocenters. The lowest BCUT2D eigenvalue weighted by atomic mass is 10.4. The summed E-state index contributed by atoms with van der Waals surface area (Å²) in [4.78, 5) is 0. The van der Waals surface area contributed by atoms with Gasteiger partial charge in [0.25, 0.3) is 0 Å². The van der Waals surface area contributed by atoms with E-state index in [0.29, 0.717) is 0 Å². The van der Waals surface area contributed by atoms with Crippen LogP contribution in [-0.2, 0) is 0 Å². The molecule has 0 aliphatic carbocycles. The van der Waals surface area contributed by atoms with Crippen LogP contribution < -0.4 is 0 Å². The summed E-state index contributed by atoms with van der Waals surface area (Å²) in [6, 6.07) is 0. The Balaban J connectivity index is 3.71. The molecule has 0 aliphatic heterocycles. The third kappa shape index (κ3) is 1.63. The molecule has 0 aromatic carbocycles. The van der Waals surface area contributed by atoms with Gasteiger partial charge < -0.3 is 0 Å². The lowest BCUT2D eigenvalue weighted by Crippen LogP contribution is -2.22. The topological polar surface area (TPSA) is 0 Å². The molecule has 0 spiro atoms. The fourth-order valence-electron chi connectivity index (χ4n) is 0.0505. The van der Waals surface area contributed by atoms with Crippen molar-refractivity contribution in [3.8, 4) is 0 Å². The first-order valence-electron chi connectivity index (χ1n) is 1.63. The molecule has 49 valence electrons. The fourth-order valence-corrected chi connectivity index (χ4v) is 0.0505. The summed E-state index contributed by atoms with van der Waals surface area (Å²) in [7, 11) is 0. The van der Waals surface area contributed by atoms with Gasteiger partial charge in [-0.1, -0.05) is 0 Å². The van der Waals surface area contributed by atoms with Crippen LogP contribution in [-0.4, -0.2) is 12.6 Å². The van der Waals surface area contributed by atoms with E-state index >= 15 is 0 Å². The van der Waals surface area contributed by atoms with Crippen LogP contribution in [0.15, 0.2) is 0 Å². The predicted molar refractivity (Wildman–Crippen MR) is 16.4 cm³/mol. The summed E-state index contributed by atoms with van der Waals surface area (Å²) in [5, 5.41) is 0. The molecule has 5 heteroatoms. The van der Waals surface area contributed by atoms with Crippen molar-refractivity contribution < 1.29 is 22.0 Å². The number of halogens is 5. The normalized spacial score (nSPS) is 12.8. The standard InChI is InChI=1S/C3H2F5/c4-1-3(7,8)2(5)6/h1H2. The Morgan fingerprint density at radius 3 is 1.62 bits per heavy atom. The van der Waals surface area contributed by atoms with Gasteiger partial charge in [0.15, 0.2) is 6.67 Å². The second-order valence-electron chi connectivity index (χ2n) is 1.10. The molecule has 0 aliphatic rings. The van der Waals surface area contributed by atoms with Crippen LogP contribution in [0.25, 0.3) is 0 Å². The van der Waals surface area contributed by atoms with Gasteiger partial charge in [-0.3, -0.25) is 0 Å². The third-order valence-electron chi connectivity index (χ3n) is 0.444. The smallest absolute Gasteiger partial charge is 0.244 e. The van der Waals surface area contributed by atoms with Crippen molar-refractivity contribution in [3.63, 3.8) is 0 Å². The van der Waals surface area contributed by atoms with Gasteiger partial charge in [0.2, 0.25) is 0 Å². The van der Waals surface area contributed by atoms with Crippen LogP contribution in [0.5, 0.6) is 0 Å². The van der Waals surface area contributed by atoms with Crippen LogP contribution >= 0.6 is 0 Å². The third-order valence-corrected chi connectivity index (χ3v) is 0.444. The highest BCUT2D eigenvalue weighted by Gasteiger charge is 2.42. The van der Waals surface area contributed by atoms with E-state index in [1.165, 1.54) is 0 Å². The van der Waals surface area contributed by atoms with E-state index in [9.17, 15) is 22.0 Å². The molecule has 0 nitrogen and oxygen atoms in total. The quantitative estimate of drug-likeness (QED) is 0.505. The lowest BCUT2D eigenvalue weighted by molar-refractivity contribution is -0.0749. The minimum atomic E-state index is -4.54. The Labute approximate surface area is 42.3 Å². The second-order valence-corrected chi connectivity index (χ2v) is 1.10. The molecule has 0 rings (SSSR count). The molecule has 8 heavy (non-hydrogen) atoms. The minimum Gasteiger partial charge on any atom is -0.244 e. The first-order chi connectivity index (χ1) is 3.50. The zero-order valence-electron chi connectivity index (χ0n) is 3.60. The zero-order valence-corrected chi connectivity index (χ0v) is 3.60. The summed E-state index contributed by atoms with van der Waals surface area (Å²) >= 11 is 0. The molecule has 1 radical (unpaired) electrons. The van der Waals surface area contributed by atoms with E-state index in [1.807, 2.05) is 0 Å². The summed E-state index contributed by atoms with van der Waals surface area (Å²) in [5.74, 6) is -4.54. The molecule has 0 unspecified atom stereocenters. The van der Waals surface area contributed by atoms with Crippen molar-refractivity contribution in [1.29, 1.82) is 0 Å². The van der Waals surface area contributed by atoms with Crippen molar-refractivity contribution in [2.24, 2.45) is 0 Å². The number of rotatable bonds is 2. The first kappa shape index (κ1) is 7.65. The number of alkyl halides is 3. The first-order valence-corrected chi connectivity index (χ1v) is 1.63. The Hall–Kier alpha value is -0.350. The van der Waals surface area contributed by atoms with Crippen molar-refractivity contribution in [2.75, 3.05) is 6.67 Å². The highest BCUT2D eigenvalue weighted by atomic mass is 19.3. The van der Waals surface area contributed by atoms with Crippen molar-refractivity contribution in [1.82, 2.24) is 0 Å². The highest BCUT2D eigenvalue weighted by Crippen LogP contribution is 2.28. The van der Waals surface area contributed by atoms with E-state index in [1.54, 1.807) is 0 Å². The Morgan fingerprint density at radius 2 is 1.62 bits per heavy atom. The van der Waals surface area contributed by atoms with E-state index in [0.717, 1.165) is 0 Å². The minimum absolute atomic E-state index is 2.34. The largest absolute Gasteiger partial charge is 0.381 e. The summed E-state index contributed by atoms with van der Waals surface area (Å²) < 4.78 is 54.5. The maximum Gasteiger partial charge on any atom is 0.381 e. The Morgan fingerprint density at radius 1 is 1.25 bits per heavy atom. The predicted octanol–water partition coefficient (Wildman–Crippen LogP) is 2.02. The summed E-state index contributed by atoms with van der Waals surface area (Å²) in [5.41, 5.74) is 0. The maximum absolute atomic E-state index is 11.1. The monoisotopic (exact) mass is 133 g/mol. The van der Waals surface area contributed by atoms with Gasteiger partial charge in [0.05, 0.1) is 0 Å². The molecule has 0 saturated carbocycles. The van der Waals surface area contributed by atoms with E-state index in [4.69, 9.17) is 0 Å². The van der Waals surface area contributed by atoms with Crippen LogP contribution in [0.4, 0.5) is 22.0 Å². The van der Waals surface area contributed by atoms with Crippen LogP contribution in [0, 0.1) is 6.43 Å². The summed E-state index contributed by atoms with van der Waals surface area (Å²) in [6.07, 6.45) is -3.18. The number of hydrogen-bond acceptors (Lipinski definition) is 0. The van der Waals surface area contributed by atoms with Gasteiger partial charge in [-0.05, 0) is 0 Å². The van der Waals surface area contributed by atoms with Crippen LogP contribution in [0.2, 0.25) is 0 Å². The Kier molecular flexibility index (Phi) is 2.18. The fraction of sp³-hybridized carbons (Fsp3) is 0.667. The number of hydrogen-bond donors (Lipinski definition) is 0. The summed E-state index contributed by atoms with van der Waals surface area (Å²) in [6.45, 7) is -2.34. The molecule has 0 N–H and O–H groups in total. The van der Waals surface area contributed by atoms with E-state index in [-0.39, 0.29) is 0 Å². The molecule has 0 amide bonds. The molecule has 0 heterocycles. The maximum atomic E-state index is 11.1. The van der Waals surface area contributed by atoms with Gasteiger partial charge in [-0.25, -0.2) is 4.39 Å². The molecule has 0 bridgehead atoms. The van der Waals surface area contributed by atoms with Crippen molar-refractivity contribution >= 4 is 0 Å². The zero-order chi connectivity index (χ0) is 6.78. The van der Waals surface area contributed by atoms with E-state index in [2.05, 4.69) is 0 Å². The van der Waals surface area contributed by atoms with Crippen LogP contribution in [0.3, 0.4) is 0 Å². The molecular formula is C3H2F5. The second kappa shape index (κ2) is 2.28. The van der Waals surface area contributed by atoms with Crippen LogP contribution in [0.1, 0.15) is 0 Å². The highest BCUT2D eigenvalue weighted by molar-refractivity contribution is 4.81. The van der Waals surface area contributed by atoms with Crippen molar-refractivity contribution in [3.05, 3.63) is 6.43 Å². The average Bonchev–Trinajstić information content (AvgIpc) is 1.67. The van der Waals surface area contributed by atoms with Gasteiger partial charge >= 0.3 is 12.3 Å². The molecular weight excluding hydrogens is 131 g/mol. The van der Waals surface area contributed by atoms with E-state index < -0.39 is 19.0 Å². The molecule has 0 saturated heterocycles. The molecule has 0 fully saturated rings. The van der Waals surface area contributed by atoms with Gasteiger partial charge in [0, 0.05) is 0 Å². The lowest BCUT2D eigenvalue weighted by Gasteiger charge is -2.06. The average molecular weight is 133 g/mol. The SMILES string of the molecule is FCC(F)(F)[C](F)F. The van der Waals surface area contributed by atoms with Crippen molar-refractivity contribution in [2.45, 2.75) is 5.92 Å². The molecule has 0 aromatic rings. The van der Waals surface area contributed by atoms with Gasteiger partial charge in [-0.2, -0.15) is 17.6 Å². The molecule has 0 aromatic heterocycles. The van der Waals surface area contributed by atoms with Gasteiger partial charge in [0.1, 0.15) is 0 Å². The Bertz CT molecular complexity index is 68.1.